The Bertz CT molecular complexity index is 859. The maximum absolute atomic E-state index is 11.4. The van der Waals surface area contributed by atoms with Crippen LogP contribution in [-0.4, -0.2) is 40.5 Å². The summed E-state index contributed by atoms with van der Waals surface area (Å²) in [5.74, 6) is 1.07. The maximum Gasteiger partial charge on any atom is 0.312 e. The third-order valence-electron chi connectivity index (χ3n) is 5.24. The minimum Gasteiger partial charge on any atom is -0.497 e. The number of benzene rings is 1. The van der Waals surface area contributed by atoms with Crippen LogP contribution in [0.15, 0.2) is 36.5 Å². The fourth-order valence-corrected chi connectivity index (χ4v) is 4.04. The van der Waals surface area contributed by atoms with Gasteiger partial charge in [-0.1, -0.05) is 23.7 Å². The molecule has 0 radical (unpaired) electrons. The van der Waals surface area contributed by atoms with E-state index in [0.29, 0.717) is 6.04 Å². The summed E-state index contributed by atoms with van der Waals surface area (Å²) in [6.07, 6.45) is 4.73. The van der Waals surface area contributed by atoms with Gasteiger partial charge in [0.25, 0.3) is 0 Å². The Morgan fingerprint density at radius 3 is 2.85 bits per heavy atom. The van der Waals surface area contributed by atoms with E-state index in [9.17, 15) is 10.1 Å². The molecule has 2 aromatic rings. The Morgan fingerprint density at radius 1 is 1.33 bits per heavy atom. The monoisotopic (exact) mass is 388 g/mol. The molecule has 1 saturated heterocycles. The van der Waals surface area contributed by atoms with Gasteiger partial charge in [-0.25, -0.2) is 4.98 Å². The summed E-state index contributed by atoms with van der Waals surface area (Å²) in [6.45, 7) is 0.950. The number of rotatable bonds is 6. The van der Waals surface area contributed by atoms with Crippen molar-refractivity contribution in [3.05, 3.63) is 57.2 Å². The maximum atomic E-state index is 11.4. The van der Waals surface area contributed by atoms with Gasteiger partial charge >= 0.3 is 5.69 Å². The number of nitrogens with zero attached hydrogens (tertiary/aromatic N) is 3. The minimum atomic E-state index is -0.449. The van der Waals surface area contributed by atoms with Crippen LogP contribution >= 0.6 is 11.6 Å². The highest BCUT2D eigenvalue weighted by atomic mass is 35.5. The second-order valence-corrected chi connectivity index (χ2v) is 7.44. The van der Waals surface area contributed by atoms with Crippen LogP contribution < -0.4 is 10.1 Å². The van der Waals surface area contributed by atoms with E-state index < -0.39 is 4.92 Å². The molecule has 2 atom stereocenters. The summed E-state index contributed by atoms with van der Waals surface area (Å²) in [4.78, 5) is 17.6. The zero-order valence-corrected chi connectivity index (χ0v) is 15.7. The average molecular weight is 389 g/mol. The number of nitro groups is 1. The molecule has 1 aromatic carbocycles. The molecule has 7 nitrogen and oxygen atoms in total. The lowest BCUT2D eigenvalue weighted by Gasteiger charge is -2.29. The molecule has 2 fully saturated rings. The van der Waals surface area contributed by atoms with Crippen LogP contribution in [0.1, 0.15) is 30.9 Å². The lowest BCUT2D eigenvalue weighted by Crippen LogP contribution is -2.33. The number of ether oxygens (including phenoxy) is 1. The van der Waals surface area contributed by atoms with Gasteiger partial charge in [-0.15, -0.1) is 0 Å². The van der Waals surface area contributed by atoms with E-state index >= 15 is 0 Å². The molecule has 8 heteroatoms. The Hall–Kier alpha value is -2.38. The average Bonchev–Trinajstić information content (AvgIpc) is 3.43. The fraction of sp³-hybridized carbons (Fsp3) is 0.421. The van der Waals surface area contributed by atoms with Gasteiger partial charge in [0.05, 0.1) is 23.1 Å². The summed E-state index contributed by atoms with van der Waals surface area (Å²) in [5, 5.41) is 15.0. The van der Waals surface area contributed by atoms with Gasteiger partial charge in [0.1, 0.15) is 5.75 Å². The van der Waals surface area contributed by atoms with Crippen LogP contribution in [0.3, 0.4) is 0 Å². The summed E-state index contributed by atoms with van der Waals surface area (Å²) < 4.78 is 5.39. The summed E-state index contributed by atoms with van der Waals surface area (Å²) in [5.41, 5.74) is 1.05. The molecule has 2 aliphatic rings. The molecular formula is C19H21ClN4O3. The number of methoxy groups -OCH3 is 1. The number of pyridine rings is 1. The molecule has 27 heavy (non-hydrogen) atoms. The number of likely N-dealkylation sites (tertiary alicyclic amines) is 1. The van der Waals surface area contributed by atoms with Gasteiger partial charge in [0.2, 0.25) is 5.82 Å². The molecule has 1 aromatic heterocycles. The van der Waals surface area contributed by atoms with E-state index in [2.05, 4.69) is 21.3 Å². The van der Waals surface area contributed by atoms with Crippen molar-refractivity contribution < 1.29 is 9.66 Å². The second kappa shape index (κ2) is 7.32. The first kappa shape index (κ1) is 18.0. The normalized spacial score (nSPS) is 22.6. The molecule has 0 bridgehead atoms. The summed E-state index contributed by atoms with van der Waals surface area (Å²) >= 11 is 5.89. The molecule has 2 heterocycles. The molecule has 1 N–H and O–H groups in total. The fourth-order valence-electron chi connectivity index (χ4n) is 3.89. The van der Waals surface area contributed by atoms with Crippen molar-refractivity contribution in [2.45, 2.75) is 37.4 Å². The highest BCUT2D eigenvalue weighted by Crippen LogP contribution is 2.43. The smallest absolute Gasteiger partial charge is 0.312 e. The van der Waals surface area contributed by atoms with Crippen molar-refractivity contribution in [3.63, 3.8) is 0 Å². The Morgan fingerprint density at radius 2 is 2.15 bits per heavy atom. The van der Waals surface area contributed by atoms with Gasteiger partial charge in [0, 0.05) is 30.9 Å². The molecule has 142 valence electrons. The quantitative estimate of drug-likeness (QED) is 0.594. The van der Waals surface area contributed by atoms with E-state index in [0.717, 1.165) is 24.3 Å². The predicted octanol–water partition coefficient (Wildman–Crippen LogP) is 4.04. The van der Waals surface area contributed by atoms with Gasteiger partial charge in [-0.2, -0.15) is 0 Å². The van der Waals surface area contributed by atoms with E-state index in [1.807, 2.05) is 18.2 Å². The molecule has 1 aliphatic heterocycles. The lowest BCUT2D eigenvalue weighted by atomic mass is 9.99. The third-order valence-corrected chi connectivity index (χ3v) is 5.45. The Kier molecular flexibility index (Phi) is 4.88. The van der Waals surface area contributed by atoms with E-state index in [4.69, 9.17) is 16.3 Å². The zero-order chi connectivity index (χ0) is 19.0. The summed E-state index contributed by atoms with van der Waals surface area (Å²) in [7, 11) is 1.66. The first-order chi connectivity index (χ1) is 13.1. The zero-order valence-electron chi connectivity index (χ0n) is 15.0. The Labute approximate surface area is 162 Å². The third kappa shape index (κ3) is 3.70. The number of aromatic nitrogens is 1. The first-order valence-corrected chi connectivity index (χ1v) is 9.41. The van der Waals surface area contributed by atoms with Crippen LogP contribution in [0.2, 0.25) is 5.02 Å². The number of nitrogens with one attached hydrogen (secondary N) is 1. The molecule has 1 saturated carbocycles. The van der Waals surface area contributed by atoms with Gasteiger partial charge < -0.3 is 10.1 Å². The Balaban J connectivity index is 1.66. The van der Waals surface area contributed by atoms with E-state index in [-0.39, 0.29) is 28.6 Å². The molecule has 0 spiro atoms. The highest BCUT2D eigenvalue weighted by molar-refractivity contribution is 6.30. The van der Waals surface area contributed by atoms with Crippen molar-refractivity contribution >= 4 is 23.1 Å². The van der Waals surface area contributed by atoms with E-state index in [1.165, 1.54) is 25.1 Å². The summed E-state index contributed by atoms with van der Waals surface area (Å²) in [6, 6.07) is 10.1. The standard InChI is InChI=1S/C19H21ClN4O3/c1-27-15-4-2-3-12(9-15)18-16(7-8-23(18)14-5-6-14)22-19-17(24(25)26)10-13(20)11-21-19/h2-4,9-11,14,16,18H,5-8H2,1H3,(H,21,22). The molecule has 1 aliphatic carbocycles. The number of hydrogen-bond donors (Lipinski definition) is 1. The van der Waals surface area contributed by atoms with Crippen molar-refractivity contribution in [2.24, 2.45) is 0 Å². The largest absolute Gasteiger partial charge is 0.497 e. The number of hydrogen-bond acceptors (Lipinski definition) is 6. The minimum absolute atomic E-state index is 0.0186. The molecule has 2 unspecified atom stereocenters. The second-order valence-electron chi connectivity index (χ2n) is 7.01. The van der Waals surface area contributed by atoms with Crippen molar-refractivity contribution in [2.75, 3.05) is 19.0 Å². The molecule has 4 rings (SSSR count). The number of halogens is 1. The first-order valence-electron chi connectivity index (χ1n) is 9.03. The van der Waals surface area contributed by atoms with Crippen LogP contribution in [-0.2, 0) is 0 Å². The van der Waals surface area contributed by atoms with Crippen LogP contribution in [0, 0.1) is 10.1 Å². The number of anilines is 1. The van der Waals surface area contributed by atoms with Gasteiger partial charge in [0.15, 0.2) is 0 Å². The van der Waals surface area contributed by atoms with Crippen LogP contribution in [0.4, 0.5) is 11.5 Å². The van der Waals surface area contributed by atoms with Crippen molar-refractivity contribution in [3.8, 4) is 5.75 Å². The van der Waals surface area contributed by atoms with Crippen LogP contribution in [0.5, 0.6) is 5.75 Å². The lowest BCUT2D eigenvalue weighted by molar-refractivity contribution is -0.384. The SMILES string of the molecule is COc1cccc(C2C(Nc3ncc(Cl)cc3[N+](=O)[O-])CCN2C2CC2)c1. The van der Waals surface area contributed by atoms with Crippen molar-refractivity contribution in [1.29, 1.82) is 0 Å². The highest BCUT2D eigenvalue weighted by Gasteiger charge is 2.43. The van der Waals surface area contributed by atoms with E-state index in [1.54, 1.807) is 7.11 Å². The predicted molar refractivity (Wildman–Crippen MR) is 103 cm³/mol. The van der Waals surface area contributed by atoms with Gasteiger partial charge in [-0.3, -0.25) is 15.0 Å². The topological polar surface area (TPSA) is 80.5 Å². The van der Waals surface area contributed by atoms with Gasteiger partial charge in [-0.05, 0) is 37.0 Å². The van der Waals surface area contributed by atoms with Crippen LogP contribution in [0.25, 0.3) is 0 Å². The molecular weight excluding hydrogens is 368 g/mol. The van der Waals surface area contributed by atoms with Crippen molar-refractivity contribution in [1.82, 2.24) is 9.88 Å². The molecule has 0 amide bonds.